The topological polar surface area (TPSA) is 82.5 Å². The monoisotopic (exact) mass is 670 g/mol. The summed E-state index contributed by atoms with van der Waals surface area (Å²) in [5.74, 6) is 1.89. The number of allylic oxidation sites excluding steroid dienone is 2. The van der Waals surface area contributed by atoms with Gasteiger partial charge in [-0.15, -0.1) is 35.9 Å². The molecule has 190 valence electrons. The maximum atomic E-state index is 10.0. The minimum Gasteiger partial charge on any atom is -0.512 e. The number of hydrogen-bond acceptors (Lipinski definition) is 7. The number of aliphatic hydroxyl groups excluding tert-OH is 1. The number of benzene rings is 1. The summed E-state index contributed by atoms with van der Waals surface area (Å²) in [6.07, 6.45) is 6.58. The summed E-state index contributed by atoms with van der Waals surface area (Å²) in [5.41, 5.74) is 2.01. The maximum absolute atomic E-state index is 10.0. The van der Waals surface area contributed by atoms with E-state index in [0.29, 0.717) is 0 Å². The number of pyridine rings is 3. The zero-order valence-corrected chi connectivity index (χ0v) is 23.1. The maximum Gasteiger partial charge on any atom is 0.394 e. The molecule has 0 amide bonds. The van der Waals surface area contributed by atoms with Crippen LogP contribution in [-0.2, 0) is 24.9 Å². The Bertz CT molecular complexity index is 1130. The number of aliphatic hydroxyl groups is 1. The van der Waals surface area contributed by atoms with E-state index < -0.39 is 0 Å². The quantitative estimate of drug-likeness (QED) is 0.143. The molecule has 4 heterocycles. The number of aromatic nitrogens is 3. The van der Waals surface area contributed by atoms with Gasteiger partial charge in [0.2, 0.25) is 0 Å². The molecule has 9 heteroatoms. The molecule has 1 N–H and O–H groups in total. The Hall–Kier alpha value is -3.81. The van der Waals surface area contributed by atoms with Gasteiger partial charge in [-0.05, 0) is 49.9 Å². The molecule has 37 heavy (non-hydrogen) atoms. The van der Waals surface area contributed by atoms with Crippen molar-refractivity contribution in [2.24, 2.45) is 0 Å². The normalized spacial score (nSPS) is 12.1. The number of ketones is 1. The van der Waals surface area contributed by atoms with Crippen molar-refractivity contribution in [2.45, 2.75) is 13.8 Å². The molecular formula is C28H28BIrN5O2-. The van der Waals surface area contributed by atoms with Gasteiger partial charge in [0.25, 0.3) is 0 Å². The number of carbonyl (C=O) groups excluding carboxylic acids is 1. The average molecular weight is 670 g/mol. The van der Waals surface area contributed by atoms with Crippen LogP contribution >= 0.6 is 0 Å². The van der Waals surface area contributed by atoms with Crippen LogP contribution in [-0.4, -0.2) is 46.5 Å². The van der Waals surface area contributed by atoms with E-state index in [2.05, 4.69) is 38.2 Å². The predicted octanol–water partition coefficient (Wildman–Crippen LogP) is 4.92. The van der Waals surface area contributed by atoms with Crippen LogP contribution in [0.5, 0.6) is 0 Å². The van der Waals surface area contributed by atoms with Crippen LogP contribution in [0.4, 0.5) is 11.6 Å². The second-order valence-corrected chi connectivity index (χ2v) is 7.77. The minimum absolute atomic E-state index is 0. The van der Waals surface area contributed by atoms with Crippen LogP contribution in [0.15, 0.2) is 109 Å². The van der Waals surface area contributed by atoms with E-state index >= 15 is 0 Å². The molecule has 1 aliphatic heterocycles. The molecule has 0 bridgehead atoms. The Morgan fingerprint density at radius 1 is 0.838 bits per heavy atom. The van der Waals surface area contributed by atoms with Crippen molar-refractivity contribution in [2.75, 3.05) is 22.7 Å². The van der Waals surface area contributed by atoms with Crippen molar-refractivity contribution in [1.29, 1.82) is 0 Å². The molecule has 1 saturated heterocycles. The first kappa shape index (κ1) is 29.4. The molecule has 7 nitrogen and oxygen atoms in total. The summed E-state index contributed by atoms with van der Waals surface area (Å²) < 4.78 is 0. The summed E-state index contributed by atoms with van der Waals surface area (Å²) in [5, 5.41) is 8.36. The fourth-order valence-corrected chi connectivity index (χ4v) is 3.26. The molecule has 1 aromatic carbocycles. The largest absolute Gasteiger partial charge is 0.512 e. The van der Waals surface area contributed by atoms with Crippen molar-refractivity contribution >= 4 is 25.0 Å². The molecule has 2 radical (unpaired) electrons. The first-order valence-corrected chi connectivity index (χ1v) is 11.5. The van der Waals surface area contributed by atoms with E-state index in [4.69, 9.17) is 5.11 Å². The van der Waals surface area contributed by atoms with Gasteiger partial charge < -0.3 is 19.7 Å². The van der Waals surface area contributed by atoms with Crippen LogP contribution in [0.25, 0.3) is 11.3 Å². The summed E-state index contributed by atoms with van der Waals surface area (Å²) in [7, 11) is 2.06. The van der Waals surface area contributed by atoms with Crippen molar-refractivity contribution < 1.29 is 30.0 Å². The molecule has 1 aliphatic rings. The van der Waals surface area contributed by atoms with Gasteiger partial charge in [0, 0.05) is 57.9 Å². The van der Waals surface area contributed by atoms with Crippen LogP contribution in [0.1, 0.15) is 13.8 Å². The SMILES string of the molecule is CC(=O)C=C(C)O.[B]1N(c2ccccn2)CCN1c1ccccn1.[Ir].[c-]1ccccc1-c1ccccn1. The van der Waals surface area contributed by atoms with Gasteiger partial charge in [0.1, 0.15) is 11.6 Å². The average Bonchev–Trinajstić information content (AvgIpc) is 3.41. The fraction of sp³-hybridized carbons (Fsp3) is 0.143. The Balaban J connectivity index is 0.000000212. The third-order valence-electron chi connectivity index (χ3n) is 4.81. The van der Waals surface area contributed by atoms with E-state index in [1.54, 1.807) is 6.20 Å². The standard InChI is InChI=1S/C12H12BN4.C11H8N.C5H8O2.Ir/c1-3-7-14-11(5-1)16-9-10-17(13-16)12-6-2-4-8-15-12;1-2-6-10(7-3-1)11-8-4-5-9-12-11;1-4(6)3-5(2)7;/h1-8H,9-10H2;1-6,8-9H;3,6H,1-2H3;/q;-1;;. The first-order chi connectivity index (χ1) is 17.5. The molecule has 0 atom stereocenters. The third-order valence-corrected chi connectivity index (χ3v) is 4.81. The second-order valence-electron chi connectivity index (χ2n) is 7.77. The van der Waals surface area contributed by atoms with Gasteiger partial charge in [-0.1, -0.05) is 24.3 Å². The first-order valence-electron chi connectivity index (χ1n) is 11.5. The van der Waals surface area contributed by atoms with Crippen LogP contribution in [0, 0.1) is 6.07 Å². The summed E-state index contributed by atoms with van der Waals surface area (Å²) >= 11 is 0. The van der Waals surface area contributed by atoms with Crippen molar-refractivity contribution in [3.63, 3.8) is 0 Å². The second kappa shape index (κ2) is 16.0. The predicted molar refractivity (Wildman–Crippen MR) is 144 cm³/mol. The van der Waals surface area contributed by atoms with Gasteiger partial charge >= 0.3 is 7.55 Å². The van der Waals surface area contributed by atoms with Crippen LogP contribution in [0.2, 0.25) is 0 Å². The Kier molecular flexibility index (Phi) is 12.8. The van der Waals surface area contributed by atoms with Crippen molar-refractivity contribution in [1.82, 2.24) is 15.0 Å². The third kappa shape index (κ3) is 10.4. The van der Waals surface area contributed by atoms with Gasteiger partial charge in [-0.3, -0.25) is 4.79 Å². The number of rotatable bonds is 4. The smallest absolute Gasteiger partial charge is 0.394 e. The molecule has 1 fully saturated rings. The molecule has 4 aromatic rings. The summed E-state index contributed by atoms with van der Waals surface area (Å²) in [6.45, 7) is 4.72. The van der Waals surface area contributed by atoms with Crippen molar-refractivity contribution in [3.05, 3.63) is 115 Å². The molecule has 3 aromatic heterocycles. The van der Waals surface area contributed by atoms with Crippen molar-refractivity contribution in [3.8, 4) is 11.3 Å². The molecule has 0 unspecified atom stereocenters. The fourth-order valence-electron chi connectivity index (χ4n) is 3.26. The molecule has 0 saturated carbocycles. The number of nitrogens with zero attached hydrogens (tertiary/aromatic N) is 5. The number of hydrogen-bond donors (Lipinski definition) is 1. The van der Waals surface area contributed by atoms with Gasteiger partial charge in [0.05, 0.1) is 5.76 Å². The van der Waals surface area contributed by atoms with Gasteiger partial charge in [-0.2, -0.15) is 0 Å². The van der Waals surface area contributed by atoms with E-state index in [0.717, 1.165) is 36.0 Å². The van der Waals surface area contributed by atoms with Gasteiger partial charge in [0.15, 0.2) is 5.78 Å². The molecule has 5 rings (SSSR count). The summed E-state index contributed by atoms with van der Waals surface area (Å²) in [6, 6.07) is 28.7. The molecule has 0 spiro atoms. The Labute approximate surface area is 232 Å². The van der Waals surface area contributed by atoms with E-state index in [9.17, 15) is 4.79 Å². The van der Waals surface area contributed by atoms with E-state index in [1.807, 2.05) is 91.3 Å². The van der Waals surface area contributed by atoms with E-state index in [1.165, 1.54) is 19.9 Å². The van der Waals surface area contributed by atoms with Crippen LogP contribution in [0.3, 0.4) is 0 Å². The molecule has 0 aliphatic carbocycles. The zero-order valence-electron chi connectivity index (χ0n) is 20.7. The molecular weight excluding hydrogens is 641 g/mol. The zero-order chi connectivity index (χ0) is 25.6. The minimum atomic E-state index is -0.125. The number of carbonyl (C=O) groups is 1. The Morgan fingerprint density at radius 3 is 1.76 bits per heavy atom. The van der Waals surface area contributed by atoms with E-state index in [-0.39, 0.29) is 31.6 Å². The van der Waals surface area contributed by atoms with Gasteiger partial charge in [-0.25, -0.2) is 9.97 Å². The Morgan fingerprint density at radius 2 is 1.38 bits per heavy atom. The number of anilines is 2. The summed E-state index contributed by atoms with van der Waals surface area (Å²) in [4.78, 5) is 27.2. The van der Waals surface area contributed by atoms with Crippen LogP contribution < -0.4 is 9.62 Å².